The lowest BCUT2D eigenvalue weighted by molar-refractivity contribution is 0.220. The number of alkyl halides is 1. The van der Waals surface area contributed by atoms with E-state index in [1.807, 2.05) is 12.1 Å². The van der Waals surface area contributed by atoms with Gasteiger partial charge in [0.25, 0.3) is 0 Å². The zero-order valence-electron chi connectivity index (χ0n) is 10.3. The number of rotatable bonds is 2. The van der Waals surface area contributed by atoms with Crippen LogP contribution in [0.2, 0.25) is 5.02 Å². The van der Waals surface area contributed by atoms with Crippen molar-refractivity contribution in [3.8, 4) is 5.75 Å². The van der Waals surface area contributed by atoms with Gasteiger partial charge in [0.15, 0.2) is 0 Å². The maximum absolute atomic E-state index is 6.23. The van der Waals surface area contributed by atoms with Crippen LogP contribution >= 0.6 is 23.2 Å². The van der Waals surface area contributed by atoms with Crippen LogP contribution in [0.15, 0.2) is 12.1 Å². The summed E-state index contributed by atoms with van der Waals surface area (Å²) in [4.78, 5) is 2.40. The van der Waals surface area contributed by atoms with E-state index in [1.54, 1.807) is 0 Å². The number of likely N-dealkylation sites (tertiary alicyclic amines) is 1. The molecule has 0 amide bonds. The lowest BCUT2D eigenvalue weighted by Crippen LogP contribution is -2.35. The van der Waals surface area contributed by atoms with E-state index in [1.165, 1.54) is 17.5 Å². The molecule has 98 valence electrons. The van der Waals surface area contributed by atoms with Crippen molar-refractivity contribution in [3.63, 3.8) is 0 Å². The smallest absolute Gasteiger partial charge is 0.127 e. The topological polar surface area (TPSA) is 12.5 Å². The number of piperidine rings is 1. The molecule has 1 atom stereocenters. The molecule has 0 spiro atoms. The Kier molecular flexibility index (Phi) is 3.69. The minimum absolute atomic E-state index is 0.284. The summed E-state index contributed by atoms with van der Waals surface area (Å²) < 4.78 is 5.73. The molecule has 2 nitrogen and oxygen atoms in total. The van der Waals surface area contributed by atoms with E-state index in [0.717, 1.165) is 49.9 Å². The minimum Gasteiger partial charge on any atom is -0.493 e. The van der Waals surface area contributed by atoms with Crippen molar-refractivity contribution in [1.29, 1.82) is 0 Å². The molecule has 1 aromatic carbocycles. The van der Waals surface area contributed by atoms with E-state index in [-0.39, 0.29) is 5.38 Å². The summed E-state index contributed by atoms with van der Waals surface area (Å²) in [5, 5.41) is 1.10. The molecule has 2 aliphatic heterocycles. The van der Waals surface area contributed by atoms with Gasteiger partial charge in [-0.2, -0.15) is 0 Å². The molecular formula is C14H17Cl2NO. The molecule has 0 bridgehead atoms. The molecule has 1 unspecified atom stereocenters. The Morgan fingerprint density at radius 1 is 1.39 bits per heavy atom. The third-order valence-electron chi connectivity index (χ3n) is 3.67. The van der Waals surface area contributed by atoms with Crippen LogP contribution in [0.1, 0.15) is 24.0 Å². The molecule has 1 saturated heterocycles. The summed E-state index contributed by atoms with van der Waals surface area (Å²) >= 11 is 12.4. The molecule has 18 heavy (non-hydrogen) atoms. The molecule has 0 aromatic heterocycles. The maximum Gasteiger partial charge on any atom is 0.127 e. The molecular weight excluding hydrogens is 269 g/mol. The standard InChI is InChI=1S/C14H17Cl2NO/c15-12-2-1-4-17(9-12)8-11-7-13(16)6-10-3-5-18-14(10)11/h6-7,12H,1-5,8-9H2. The first kappa shape index (κ1) is 12.6. The average Bonchev–Trinajstić information content (AvgIpc) is 2.77. The molecule has 2 aliphatic rings. The quantitative estimate of drug-likeness (QED) is 0.772. The number of halogens is 2. The van der Waals surface area contributed by atoms with Gasteiger partial charge in [0.2, 0.25) is 0 Å². The molecule has 0 radical (unpaired) electrons. The number of fused-ring (bicyclic) bond motifs is 1. The SMILES string of the molecule is Clc1cc2c(c(CN3CCCC(Cl)C3)c1)OCC2. The van der Waals surface area contributed by atoms with Gasteiger partial charge in [0.1, 0.15) is 5.75 Å². The second-order valence-corrected chi connectivity index (χ2v) is 6.18. The normalized spacial score (nSPS) is 23.8. The zero-order valence-corrected chi connectivity index (χ0v) is 11.8. The molecule has 0 N–H and O–H groups in total. The third-order valence-corrected chi connectivity index (χ3v) is 4.24. The molecule has 0 saturated carbocycles. The van der Waals surface area contributed by atoms with E-state index < -0.39 is 0 Å². The summed E-state index contributed by atoms with van der Waals surface area (Å²) in [7, 11) is 0. The monoisotopic (exact) mass is 285 g/mol. The molecule has 0 aliphatic carbocycles. The zero-order chi connectivity index (χ0) is 12.5. The second-order valence-electron chi connectivity index (χ2n) is 5.13. The highest BCUT2D eigenvalue weighted by Gasteiger charge is 2.22. The predicted molar refractivity (Wildman–Crippen MR) is 74.8 cm³/mol. The van der Waals surface area contributed by atoms with Gasteiger partial charge in [-0.3, -0.25) is 4.90 Å². The van der Waals surface area contributed by atoms with Crippen molar-refractivity contribution in [3.05, 3.63) is 28.3 Å². The predicted octanol–water partition coefficient (Wildman–Crippen LogP) is 3.48. The molecule has 2 heterocycles. The van der Waals surface area contributed by atoms with Gasteiger partial charge in [0.05, 0.1) is 6.61 Å². The van der Waals surface area contributed by atoms with E-state index >= 15 is 0 Å². The first-order valence-corrected chi connectivity index (χ1v) is 7.34. The van der Waals surface area contributed by atoms with Crippen LogP contribution in [0.25, 0.3) is 0 Å². The molecule has 1 aromatic rings. The summed E-state index contributed by atoms with van der Waals surface area (Å²) in [5.41, 5.74) is 2.46. The van der Waals surface area contributed by atoms with Crippen molar-refractivity contribution in [2.24, 2.45) is 0 Å². The highest BCUT2D eigenvalue weighted by molar-refractivity contribution is 6.30. The second kappa shape index (κ2) is 5.28. The Morgan fingerprint density at radius 3 is 3.11 bits per heavy atom. The third kappa shape index (κ3) is 2.61. The fourth-order valence-corrected chi connectivity index (χ4v) is 3.46. The van der Waals surface area contributed by atoms with Crippen LogP contribution in [0, 0.1) is 0 Å². The van der Waals surface area contributed by atoms with Gasteiger partial charge in [-0.15, -0.1) is 11.6 Å². The van der Waals surface area contributed by atoms with Crippen molar-refractivity contribution in [1.82, 2.24) is 4.90 Å². The maximum atomic E-state index is 6.23. The van der Waals surface area contributed by atoms with Crippen molar-refractivity contribution < 1.29 is 4.74 Å². The van der Waals surface area contributed by atoms with Gasteiger partial charge in [0, 0.05) is 35.5 Å². The van der Waals surface area contributed by atoms with E-state index in [0.29, 0.717) is 0 Å². The highest BCUT2D eigenvalue weighted by Crippen LogP contribution is 2.34. The fraction of sp³-hybridized carbons (Fsp3) is 0.571. The lowest BCUT2D eigenvalue weighted by atomic mass is 10.1. The van der Waals surface area contributed by atoms with Crippen LogP contribution < -0.4 is 4.74 Å². The van der Waals surface area contributed by atoms with Crippen molar-refractivity contribution >= 4 is 23.2 Å². The number of benzene rings is 1. The first-order valence-electron chi connectivity index (χ1n) is 6.53. The van der Waals surface area contributed by atoms with Gasteiger partial charge in [-0.25, -0.2) is 0 Å². The largest absolute Gasteiger partial charge is 0.493 e. The van der Waals surface area contributed by atoms with Crippen LogP contribution in [-0.4, -0.2) is 30.0 Å². The number of ether oxygens (including phenoxy) is 1. The molecule has 1 fully saturated rings. The van der Waals surface area contributed by atoms with E-state index in [4.69, 9.17) is 27.9 Å². The Hall–Kier alpha value is -0.440. The Balaban J connectivity index is 1.80. The van der Waals surface area contributed by atoms with Gasteiger partial charge < -0.3 is 4.74 Å². The van der Waals surface area contributed by atoms with Gasteiger partial charge in [-0.1, -0.05) is 11.6 Å². The van der Waals surface area contributed by atoms with E-state index in [9.17, 15) is 0 Å². The Labute approximate surface area is 118 Å². The van der Waals surface area contributed by atoms with Gasteiger partial charge >= 0.3 is 0 Å². The summed E-state index contributed by atoms with van der Waals surface area (Å²) in [6, 6.07) is 4.05. The summed E-state index contributed by atoms with van der Waals surface area (Å²) in [5.74, 6) is 1.05. The fourth-order valence-electron chi connectivity index (χ4n) is 2.85. The van der Waals surface area contributed by atoms with Crippen LogP contribution in [0.5, 0.6) is 5.75 Å². The van der Waals surface area contributed by atoms with Gasteiger partial charge in [-0.05, 0) is 37.1 Å². The minimum atomic E-state index is 0.284. The van der Waals surface area contributed by atoms with Crippen molar-refractivity contribution in [2.45, 2.75) is 31.2 Å². The van der Waals surface area contributed by atoms with Crippen LogP contribution in [-0.2, 0) is 13.0 Å². The van der Waals surface area contributed by atoms with Crippen LogP contribution in [0.3, 0.4) is 0 Å². The number of hydrogen-bond acceptors (Lipinski definition) is 2. The summed E-state index contributed by atoms with van der Waals surface area (Å²) in [6.45, 7) is 3.75. The summed E-state index contributed by atoms with van der Waals surface area (Å²) in [6.07, 6.45) is 3.28. The van der Waals surface area contributed by atoms with Crippen LogP contribution in [0.4, 0.5) is 0 Å². The Morgan fingerprint density at radius 2 is 2.28 bits per heavy atom. The first-order chi connectivity index (χ1) is 8.72. The average molecular weight is 286 g/mol. The Bertz CT molecular complexity index is 450. The highest BCUT2D eigenvalue weighted by atomic mass is 35.5. The van der Waals surface area contributed by atoms with Crippen molar-refractivity contribution in [2.75, 3.05) is 19.7 Å². The molecule has 3 rings (SSSR count). The number of hydrogen-bond donors (Lipinski definition) is 0. The van der Waals surface area contributed by atoms with E-state index in [2.05, 4.69) is 4.90 Å². The number of nitrogens with zero attached hydrogens (tertiary/aromatic N) is 1. The molecule has 4 heteroatoms. The lowest BCUT2D eigenvalue weighted by Gasteiger charge is -2.30.